The molecule has 29 heavy (non-hydrogen) atoms. The van der Waals surface area contributed by atoms with Gasteiger partial charge < -0.3 is 19.9 Å². The minimum absolute atomic E-state index is 0. The van der Waals surface area contributed by atoms with Crippen LogP contribution in [0.2, 0.25) is 10.0 Å². The Morgan fingerprint density at radius 1 is 1.28 bits per heavy atom. The second-order valence-electron chi connectivity index (χ2n) is 5.67. The van der Waals surface area contributed by atoms with Gasteiger partial charge in [-0.15, -0.1) is 34.2 Å². The molecule has 2 rings (SSSR count). The number of nitrogens with zero attached hydrogens (tertiary/aromatic N) is 4. The molecule has 0 spiro atoms. The molecule has 162 valence electrons. The molecular formula is C17H23Cl2F2IN6O. The number of hydrogen-bond donors (Lipinski definition) is 2. The van der Waals surface area contributed by atoms with Gasteiger partial charge >= 0.3 is 6.61 Å². The summed E-state index contributed by atoms with van der Waals surface area (Å²) in [6.07, 6.45) is 2.46. The highest BCUT2D eigenvalue weighted by atomic mass is 127. The third-order valence-electron chi connectivity index (χ3n) is 3.70. The Labute approximate surface area is 195 Å². The van der Waals surface area contributed by atoms with Crippen LogP contribution in [0.1, 0.15) is 25.2 Å². The molecule has 0 radical (unpaired) electrons. The Balaban J connectivity index is 0.00000420. The summed E-state index contributed by atoms with van der Waals surface area (Å²) in [5, 5.41) is 14.5. The minimum atomic E-state index is -3.00. The number of nitrogens with one attached hydrogen (secondary N) is 2. The zero-order valence-electron chi connectivity index (χ0n) is 16.0. The number of ether oxygens (including phenoxy) is 1. The number of aromatic nitrogens is 3. The molecule has 0 saturated carbocycles. The molecule has 2 N–H and O–H groups in total. The van der Waals surface area contributed by atoms with Gasteiger partial charge in [-0.1, -0.05) is 30.1 Å². The van der Waals surface area contributed by atoms with Crippen LogP contribution in [0.4, 0.5) is 8.78 Å². The smallest absolute Gasteiger partial charge is 0.387 e. The highest BCUT2D eigenvalue weighted by Crippen LogP contribution is 2.34. The van der Waals surface area contributed by atoms with Gasteiger partial charge in [0, 0.05) is 36.6 Å². The minimum Gasteiger partial charge on any atom is -0.433 e. The van der Waals surface area contributed by atoms with E-state index in [0.29, 0.717) is 36.2 Å². The summed E-state index contributed by atoms with van der Waals surface area (Å²) in [4.78, 5) is 4.41. The van der Waals surface area contributed by atoms with E-state index in [9.17, 15) is 8.78 Å². The molecule has 0 atom stereocenters. The van der Waals surface area contributed by atoms with Crippen molar-refractivity contribution in [3.8, 4) is 5.75 Å². The lowest BCUT2D eigenvalue weighted by Gasteiger charge is -2.14. The van der Waals surface area contributed by atoms with Gasteiger partial charge in [-0.2, -0.15) is 8.78 Å². The van der Waals surface area contributed by atoms with Gasteiger partial charge in [0.1, 0.15) is 17.9 Å². The zero-order valence-corrected chi connectivity index (χ0v) is 19.8. The molecule has 0 aliphatic carbocycles. The molecule has 0 aliphatic heterocycles. The summed E-state index contributed by atoms with van der Waals surface area (Å²) < 4.78 is 31.8. The van der Waals surface area contributed by atoms with E-state index in [1.165, 1.54) is 12.1 Å². The average Bonchev–Trinajstić information content (AvgIpc) is 3.09. The second kappa shape index (κ2) is 13.0. The van der Waals surface area contributed by atoms with Gasteiger partial charge in [-0.05, 0) is 19.1 Å². The highest BCUT2D eigenvalue weighted by molar-refractivity contribution is 14.0. The molecule has 12 heteroatoms. The summed E-state index contributed by atoms with van der Waals surface area (Å²) in [7, 11) is 0. The third-order valence-corrected chi connectivity index (χ3v) is 4.20. The first kappa shape index (κ1) is 25.6. The van der Waals surface area contributed by atoms with E-state index < -0.39 is 6.61 Å². The van der Waals surface area contributed by atoms with Crippen LogP contribution in [-0.2, 0) is 19.5 Å². The van der Waals surface area contributed by atoms with Crippen molar-refractivity contribution in [2.24, 2.45) is 4.99 Å². The quantitative estimate of drug-likeness (QED) is 0.273. The van der Waals surface area contributed by atoms with Crippen molar-refractivity contribution in [2.75, 3.05) is 13.1 Å². The molecule has 0 fully saturated rings. The van der Waals surface area contributed by atoms with Crippen LogP contribution < -0.4 is 15.4 Å². The molecule has 1 heterocycles. The Kier molecular flexibility index (Phi) is 11.5. The first-order valence-corrected chi connectivity index (χ1v) is 9.51. The number of aryl methyl sites for hydroxylation is 1. The van der Waals surface area contributed by atoms with Crippen molar-refractivity contribution < 1.29 is 13.5 Å². The number of rotatable bonds is 9. The van der Waals surface area contributed by atoms with Crippen molar-refractivity contribution in [3.63, 3.8) is 0 Å². The molecule has 1 aromatic heterocycles. The fraction of sp³-hybridized carbons (Fsp3) is 0.471. The largest absolute Gasteiger partial charge is 0.433 e. The predicted molar refractivity (Wildman–Crippen MR) is 121 cm³/mol. The van der Waals surface area contributed by atoms with Gasteiger partial charge in [0.15, 0.2) is 5.96 Å². The number of aliphatic imine (C=N–C) groups is 1. The average molecular weight is 563 g/mol. The lowest BCUT2D eigenvalue weighted by atomic mass is 10.2. The van der Waals surface area contributed by atoms with E-state index in [1.54, 1.807) is 6.33 Å². The Morgan fingerprint density at radius 2 is 2.03 bits per heavy atom. The summed E-state index contributed by atoms with van der Waals surface area (Å²) in [6.45, 7) is 2.86. The van der Waals surface area contributed by atoms with Crippen molar-refractivity contribution in [1.29, 1.82) is 0 Å². The van der Waals surface area contributed by atoms with E-state index in [0.717, 1.165) is 12.2 Å². The maximum Gasteiger partial charge on any atom is 0.387 e. The topological polar surface area (TPSA) is 76.4 Å². The highest BCUT2D eigenvalue weighted by Gasteiger charge is 2.15. The van der Waals surface area contributed by atoms with Gasteiger partial charge in [-0.3, -0.25) is 0 Å². The second-order valence-corrected chi connectivity index (χ2v) is 6.51. The van der Waals surface area contributed by atoms with Gasteiger partial charge in [0.05, 0.1) is 11.6 Å². The van der Waals surface area contributed by atoms with Crippen LogP contribution in [0, 0.1) is 0 Å². The van der Waals surface area contributed by atoms with Crippen LogP contribution in [0.5, 0.6) is 5.75 Å². The summed E-state index contributed by atoms with van der Waals surface area (Å²) in [5.74, 6) is 1.29. The number of hydrogen-bond acceptors (Lipinski definition) is 4. The maximum atomic E-state index is 12.7. The zero-order chi connectivity index (χ0) is 20.5. The standard InChI is InChI=1S/C17H22Cl2F2N6O.HI/c1-3-14-26-25-10-27(14)6-5-23-17(22-4-2)24-9-11-7-12(18)8-13(19)15(11)28-16(20)21;/h7-8,10,16H,3-6,9H2,1-2H3,(H2,22,23,24);1H. The SMILES string of the molecule is CCNC(=NCc1cc(Cl)cc(Cl)c1OC(F)F)NCCn1cnnc1CC.I. The first-order valence-electron chi connectivity index (χ1n) is 8.76. The molecule has 0 bridgehead atoms. The Morgan fingerprint density at radius 3 is 2.69 bits per heavy atom. The number of guanidine groups is 1. The number of alkyl halides is 2. The van der Waals surface area contributed by atoms with E-state index >= 15 is 0 Å². The van der Waals surface area contributed by atoms with Crippen molar-refractivity contribution >= 4 is 53.1 Å². The third kappa shape index (κ3) is 8.09. The number of benzene rings is 1. The van der Waals surface area contributed by atoms with E-state index in [4.69, 9.17) is 23.2 Å². The predicted octanol–water partition coefficient (Wildman–Crippen LogP) is 4.12. The molecule has 0 saturated heterocycles. The molecule has 1 aromatic carbocycles. The van der Waals surface area contributed by atoms with Crippen LogP contribution in [0.3, 0.4) is 0 Å². The van der Waals surface area contributed by atoms with Crippen molar-refractivity contribution in [1.82, 2.24) is 25.4 Å². The first-order chi connectivity index (χ1) is 13.4. The molecule has 0 unspecified atom stereocenters. The molecule has 0 amide bonds. The summed E-state index contributed by atoms with van der Waals surface area (Å²) in [6, 6.07) is 2.85. The molecule has 0 aliphatic rings. The molecule has 2 aromatic rings. The van der Waals surface area contributed by atoms with Crippen LogP contribution in [0.15, 0.2) is 23.5 Å². The van der Waals surface area contributed by atoms with E-state index in [1.807, 2.05) is 18.4 Å². The lowest BCUT2D eigenvalue weighted by Crippen LogP contribution is -2.39. The Hall–Kier alpha value is -1.40. The van der Waals surface area contributed by atoms with Crippen LogP contribution in [-0.4, -0.2) is 40.4 Å². The molecular weight excluding hydrogens is 540 g/mol. The normalized spacial score (nSPS) is 11.3. The van der Waals surface area contributed by atoms with E-state index in [-0.39, 0.29) is 41.3 Å². The number of halogens is 5. The van der Waals surface area contributed by atoms with Crippen LogP contribution >= 0.6 is 47.2 Å². The van der Waals surface area contributed by atoms with Crippen LogP contribution in [0.25, 0.3) is 0 Å². The van der Waals surface area contributed by atoms with Crippen molar-refractivity contribution in [2.45, 2.75) is 40.0 Å². The fourth-order valence-corrected chi connectivity index (χ4v) is 3.07. The monoisotopic (exact) mass is 562 g/mol. The summed E-state index contributed by atoms with van der Waals surface area (Å²) >= 11 is 12.0. The van der Waals surface area contributed by atoms with Gasteiger partial charge in [0.25, 0.3) is 0 Å². The van der Waals surface area contributed by atoms with Gasteiger partial charge in [-0.25, -0.2) is 4.99 Å². The Bertz CT molecular complexity index is 806. The van der Waals surface area contributed by atoms with E-state index in [2.05, 4.69) is 30.6 Å². The lowest BCUT2D eigenvalue weighted by molar-refractivity contribution is -0.0503. The van der Waals surface area contributed by atoms with Gasteiger partial charge in [0.2, 0.25) is 0 Å². The fourth-order valence-electron chi connectivity index (χ4n) is 2.49. The summed E-state index contributed by atoms with van der Waals surface area (Å²) in [5.41, 5.74) is 0.363. The maximum absolute atomic E-state index is 12.7. The molecule has 7 nitrogen and oxygen atoms in total. The van der Waals surface area contributed by atoms with Crippen molar-refractivity contribution in [3.05, 3.63) is 39.9 Å².